The smallest absolute Gasteiger partial charge is 0.350 e. The highest BCUT2D eigenvalue weighted by molar-refractivity contribution is 7.17. The van der Waals surface area contributed by atoms with Gasteiger partial charge in [0.25, 0.3) is 5.78 Å². The van der Waals surface area contributed by atoms with Gasteiger partial charge in [0.05, 0.1) is 30.0 Å². The molecule has 0 saturated carbocycles. The van der Waals surface area contributed by atoms with Crippen molar-refractivity contribution in [2.24, 2.45) is 0 Å². The van der Waals surface area contributed by atoms with Crippen molar-refractivity contribution in [3.63, 3.8) is 0 Å². The van der Waals surface area contributed by atoms with Crippen molar-refractivity contribution < 1.29 is 29.0 Å². The van der Waals surface area contributed by atoms with Crippen LogP contribution in [0.25, 0.3) is 5.76 Å². The zero-order valence-electron chi connectivity index (χ0n) is 22.8. The molecule has 1 unspecified atom stereocenters. The van der Waals surface area contributed by atoms with Crippen LogP contribution < -0.4 is 9.64 Å². The molecule has 1 aliphatic heterocycles. The number of aliphatic hydroxyl groups is 1. The average molecular weight is 549 g/mol. The average Bonchev–Trinajstić information content (AvgIpc) is 3.40. The lowest BCUT2D eigenvalue weighted by Gasteiger charge is -2.23. The van der Waals surface area contributed by atoms with Crippen molar-refractivity contribution in [1.82, 2.24) is 4.98 Å². The minimum Gasteiger partial charge on any atom is -0.507 e. The summed E-state index contributed by atoms with van der Waals surface area (Å²) in [4.78, 5) is 45.4. The Bertz CT molecular complexity index is 1420. The number of carbonyl (C=O) groups is 3. The van der Waals surface area contributed by atoms with Crippen molar-refractivity contribution in [3.8, 4) is 5.75 Å². The number of ether oxygens (including phenoxy) is 2. The maximum absolute atomic E-state index is 13.5. The minimum atomic E-state index is -0.946. The number of carbonyl (C=O) groups excluding carboxylic acids is 3. The Kier molecular flexibility index (Phi) is 8.20. The van der Waals surface area contributed by atoms with E-state index in [4.69, 9.17) is 9.47 Å². The van der Waals surface area contributed by atoms with Gasteiger partial charge in [0.2, 0.25) is 0 Å². The molecule has 1 aliphatic rings. The third-order valence-electron chi connectivity index (χ3n) is 6.32. The summed E-state index contributed by atoms with van der Waals surface area (Å²) in [6.07, 6.45) is -0.0233. The number of esters is 1. The van der Waals surface area contributed by atoms with Gasteiger partial charge in [0.15, 0.2) is 5.13 Å². The summed E-state index contributed by atoms with van der Waals surface area (Å²) in [5, 5.41) is 11.6. The molecule has 204 valence electrons. The predicted octanol–water partition coefficient (Wildman–Crippen LogP) is 6.17. The van der Waals surface area contributed by atoms with Crippen LogP contribution in [0.5, 0.6) is 5.75 Å². The Balaban J connectivity index is 1.86. The molecule has 1 N–H and O–H groups in total. The highest BCUT2D eigenvalue weighted by Gasteiger charge is 2.48. The summed E-state index contributed by atoms with van der Waals surface area (Å²) in [7, 11) is 0. The van der Waals surface area contributed by atoms with Gasteiger partial charge >= 0.3 is 11.9 Å². The maximum Gasteiger partial charge on any atom is 0.350 e. The number of aliphatic hydroxyl groups excluding tert-OH is 1. The first-order valence-electron chi connectivity index (χ1n) is 12.9. The standard InChI is InChI=1S/C30H32N2O6S/c1-7-37-29(36)27-18(6)31-30(39-27)32-24(20-10-8-19(9-11-20)16(2)3)23(26(34)28(32)35)25(33)21-12-14-22(15-13-21)38-17(4)5/h8-17,24,33H,7H2,1-6H3/b25-23+. The highest BCUT2D eigenvalue weighted by Crippen LogP contribution is 2.44. The Morgan fingerprint density at radius 3 is 2.26 bits per heavy atom. The van der Waals surface area contributed by atoms with E-state index in [0.29, 0.717) is 22.6 Å². The first kappa shape index (κ1) is 28.0. The summed E-state index contributed by atoms with van der Waals surface area (Å²) >= 11 is 0.981. The summed E-state index contributed by atoms with van der Waals surface area (Å²) in [6, 6.07) is 13.3. The fourth-order valence-corrected chi connectivity index (χ4v) is 5.39. The van der Waals surface area contributed by atoms with Crippen molar-refractivity contribution in [3.05, 3.63) is 81.4 Å². The van der Waals surface area contributed by atoms with E-state index in [2.05, 4.69) is 18.8 Å². The molecule has 1 saturated heterocycles. The number of rotatable bonds is 8. The number of anilines is 1. The summed E-state index contributed by atoms with van der Waals surface area (Å²) in [6.45, 7) is 11.5. The van der Waals surface area contributed by atoms with Crippen molar-refractivity contribution in [2.75, 3.05) is 11.5 Å². The van der Waals surface area contributed by atoms with Gasteiger partial charge in [-0.3, -0.25) is 14.5 Å². The first-order chi connectivity index (χ1) is 18.5. The van der Waals surface area contributed by atoms with Crippen LogP contribution in [-0.4, -0.2) is 40.5 Å². The lowest BCUT2D eigenvalue weighted by molar-refractivity contribution is -0.132. The largest absolute Gasteiger partial charge is 0.507 e. The second-order valence-electron chi connectivity index (χ2n) is 9.81. The van der Waals surface area contributed by atoms with Crippen LogP contribution in [-0.2, 0) is 14.3 Å². The van der Waals surface area contributed by atoms with Gasteiger partial charge in [-0.2, -0.15) is 0 Å². The lowest BCUT2D eigenvalue weighted by atomic mass is 9.93. The molecule has 0 aliphatic carbocycles. The van der Waals surface area contributed by atoms with E-state index < -0.39 is 23.7 Å². The number of hydrogen-bond acceptors (Lipinski definition) is 8. The molecule has 39 heavy (non-hydrogen) atoms. The number of thiazole rings is 1. The van der Waals surface area contributed by atoms with Crippen molar-refractivity contribution in [1.29, 1.82) is 0 Å². The zero-order valence-corrected chi connectivity index (χ0v) is 23.7. The molecule has 1 atom stereocenters. The van der Waals surface area contributed by atoms with Crippen molar-refractivity contribution in [2.45, 2.75) is 59.6 Å². The van der Waals surface area contributed by atoms with Crippen LogP contribution in [0.3, 0.4) is 0 Å². The number of Topliss-reactive ketones (excluding diaryl/α,β-unsaturated/α-hetero) is 1. The van der Waals surface area contributed by atoms with Gasteiger partial charge in [0, 0.05) is 5.56 Å². The fraction of sp³-hybridized carbons (Fsp3) is 0.333. The molecular weight excluding hydrogens is 516 g/mol. The van der Waals surface area contributed by atoms with E-state index in [-0.39, 0.29) is 40.0 Å². The predicted molar refractivity (Wildman–Crippen MR) is 150 cm³/mol. The molecule has 9 heteroatoms. The molecular formula is C30H32N2O6S. The van der Waals surface area contributed by atoms with Crippen LogP contribution in [0.15, 0.2) is 54.1 Å². The minimum absolute atomic E-state index is 0.0233. The number of ketones is 1. The molecule has 3 aromatic rings. The first-order valence-corrected chi connectivity index (χ1v) is 13.7. The Morgan fingerprint density at radius 1 is 1.05 bits per heavy atom. The lowest BCUT2D eigenvalue weighted by Crippen LogP contribution is -2.29. The monoisotopic (exact) mass is 548 g/mol. The van der Waals surface area contributed by atoms with E-state index in [1.165, 1.54) is 4.90 Å². The third kappa shape index (κ3) is 5.59. The van der Waals surface area contributed by atoms with Crippen LogP contribution in [0.1, 0.15) is 78.6 Å². The zero-order chi connectivity index (χ0) is 28.4. The van der Waals surface area contributed by atoms with E-state index in [9.17, 15) is 19.5 Å². The van der Waals surface area contributed by atoms with E-state index in [0.717, 1.165) is 16.9 Å². The van der Waals surface area contributed by atoms with E-state index in [1.54, 1.807) is 38.1 Å². The number of nitrogens with zero attached hydrogens (tertiary/aromatic N) is 2. The number of amides is 1. The number of benzene rings is 2. The van der Waals surface area contributed by atoms with Gasteiger partial charge in [-0.05, 0) is 69.0 Å². The summed E-state index contributed by atoms with van der Waals surface area (Å²) < 4.78 is 10.8. The van der Waals surface area contributed by atoms with Crippen molar-refractivity contribution >= 4 is 39.9 Å². The highest BCUT2D eigenvalue weighted by atomic mass is 32.1. The molecule has 0 bridgehead atoms. The quantitative estimate of drug-likeness (QED) is 0.155. The topological polar surface area (TPSA) is 106 Å². The normalized spacial score (nSPS) is 16.8. The molecule has 0 spiro atoms. The second kappa shape index (κ2) is 11.4. The molecule has 1 amide bonds. The fourth-order valence-electron chi connectivity index (χ4n) is 4.40. The second-order valence-corrected chi connectivity index (χ2v) is 10.8. The maximum atomic E-state index is 13.5. The van der Waals surface area contributed by atoms with Crippen LogP contribution in [0.4, 0.5) is 5.13 Å². The van der Waals surface area contributed by atoms with Gasteiger partial charge in [-0.25, -0.2) is 9.78 Å². The molecule has 8 nitrogen and oxygen atoms in total. The Labute approximate surface area is 231 Å². The van der Waals surface area contributed by atoms with Gasteiger partial charge in [0.1, 0.15) is 16.4 Å². The van der Waals surface area contributed by atoms with Gasteiger partial charge in [-0.15, -0.1) is 0 Å². The van der Waals surface area contributed by atoms with Gasteiger partial charge < -0.3 is 14.6 Å². The molecule has 1 fully saturated rings. The number of aryl methyl sites for hydroxylation is 1. The van der Waals surface area contributed by atoms with Gasteiger partial charge in [-0.1, -0.05) is 49.4 Å². The van der Waals surface area contributed by atoms with E-state index in [1.807, 2.05) is 38.1 Å². The SMILES string of the molecule is CCOC(=O)c1sc(N2C(=O)C(=O)/C(=C(/O)c3ccc(OC(C)C)cc3)C2c2ccc(C(C)C)cc2)nc1C. The molecule has 2 aromatic carbocycles. The van der Waals surface area contributed by atoms with Crippen LogP contribution in [0, 0.1) is 6.92 Å². The summed E-state index contributed by atoms with van der Waals surface area (Å²) in [5.74, 6) is -1.61. The number of aromatic nitrogens is 1. The third-order valence-corrected chi connectivity index (χ3v) is 7.45. The van der Waals surface area contributed by atoms with Crippen LogP contribution in [0.2, 0.25) is 0 Å². The van der Waals surface area contributed by atoms with Crippen LogP contribution >= 0.6 is 11.3 Å². The molecule has 0 radical (unpaired) electrons. The number of hydrogen-bond donors (Lipinski definition) is 1. The molecule has 1 aromatic heterocycles. The molecule has 4 rings (SSSR count). The summed E-state index contributed by atoms with van der Waals surface area (Å²) in [5.41, 5.74) is 2.43. The van der Waals surface area contributed by atoms with E-state index >= 15 is 0 Å². The molecule has 2 heterocycles. The Hall–Kier alpha value is -3.98. The Morgan fingerprint density at radius 2 is 1.69 bits per heavy atom.